The van der Waals surface area contributed by atoms with E-state index in [0.717, 1.165) is 0 Å². The van der Waals surface area contributed by atoms with Crippen molar-refractivity contribution in [1.29, 1.82) is 0 Å². The molecule has 1 nitrogen and oxygen atoms in total. The average molecular weight is 336 g/mol. The van der Waals surface area contributed by atoms with Crippen LogP contribution in [0.15, 0.2) is 60.2 Å². The molecule has 3 aromatic rings. The average Bonchev–Trinajstić information content (AvgIpc) is 3.04. The maximum atomic E-state index is 3.83. The van der Waals surface area contributed by atoms with Crippen LogP contribution in [0.1, 0.15) is 29.8 Å². The van der Waals surface area contributed by atoms with Gasteiger partial charge in [-0.2, -0.15) is 0 Å². The third-order valence-corrected chi connectivity index (χ3v) is 9.12. The molecule has 0 bridgehead atoms. The minimum Gasteiger partial charge on any atom is -0.412 e. The first-order chi connectivity index (χ1) is 11.2. The molecule has 4 rings (SSSR count). The lowest BCUT2D eigenvalue weighted by Gasteiger charge is -2.22. The van der Waals surface area contributed by atoms with Gasteiger partial charge in [0.05, 0.1) is 0 Å². The van der Waals surface area contributed by atoms with Crippen LogP contribution in [0.2, 0.25) is 6.55 Å². The second-order valence-corrected chi connectivity index (χ2v) is 10.0. The number of anilines is 1. The summed E-state index contributed by atoms with van der Waals surface area (Å²) in [7, 11) is -1.17. The number of hydrogen-bond donors (Lipinski definition) is 1. The van der Waals surface area contributed by atoms with Gasteiger partial charge in [-0.15, -0.1) is 11.3 Å². The molecular weight excluding hydrogens is 314 g/mol. The van der Waals surface area contributed by atoms with Gasteiger partial charge in [0.1, 0.15) is 8.96 Å². The summed E-state index contributed by atoms with van der Waals surface area (Å²) in [5.41, 5.74) is 6.44. The first-order valence-electron chi connectivity index (χ1n) is 8.17. The van der Waals surface area contributed by atoms with Crippen molar-refractivity contribution in [2.24, 2.45) is 0 Å². The van der Waals surface area contributed by atoms with E-state index in [2.05, 4.69) is 80.0 Å². The molecule has 2 unspecified atom stereocenters. The molecule has 1 aliphatic carbocycles. The summed E-state index contributed by atoms with van der Waals surface area (Å²) in [5, 5.41) is 1.44. The van der Waals surface area contributed by atoms with Gasteiger partial charge in [-0.05, 0) is 43.2 Å². The quantitative estimate of drug-likeness (QED) is 0.597. The summed E-state index contributed by atoms with van der Waals surface area (Å²) in [6.07, 6.45) is 0. The van der Waals surface area contributed by atoms with Gasteiger partial charge >= 0.3 is 0 Å². The monoisotopic (exact) mass is 335 g/mol. The lowest BCUT2D eigenvalue weighted by Crippen LogP contribution is -2.29. The standard InChI is InChI=1S/C20H21NSSi/c1-13-14(2)20(23(3)21-15-9-5-4-6-10-15)19-18(13)16-11-7-8-12-17(16)22-19/h4-12,20-21,23H,1-3H3. The van der Waals surface area contributed by atoms with E-state index in [9.17, 15) is 0 Å². The Hall–Kier alpha value is -1.84. The van der Waals surface area contributed by atoms with Crippen molar-refractivity contribution in [2.75, 3.05) is 4.98 Å². The van der Waals surface area contributed by atoms with E-state index in [1.165, 1.54) is 26.9 Å². The van der Waals surface area contributed by atoms with Gasteiger partial charge in [0.25, 0.3) is 0 Å². The van der Waals surface area contributed by atoms with Crippen LogP contribution in [0, 0.1) is 0 Å². The summed E-state index contributed by atoms with van der Waals surface area (Å²) < 4.78 is 1.43. The lowest BCUT2D eigenvalue weighted by atomic mass is 10.1. The summed E-state index contributed by atoms with van der Waals surface area (Å²) >= 11 is 1.99. The molecule has 1 aliphatic rings. The third-order valence-electron chi connectivity index (χ3n) is 5.01. The van der Waals surface area contributed by atoms with Gasteiger partial charge in [-0.25, -0.2) is 0 Å². The maximum absolute atomic E-state index is 3.83. The Balaban J connectivity index is 1.76. The van der Waals surface area contributed by atoms with Crippen LogP contribution in [-0.2, 0) is 0 Å². The lowest BCUT2D eigenvalue weighted by molar-refractivity contribution is 1.13. The zero-order chi connectivity index (χ0) is 16.0. The molecule has 1 heterocycles. The highest BCUT2D eigenvalue weighted by molar-refractivity contribution is 7.20. The van der Waals surface area contributed by atoms with E-state index < -0.39 is 8.96 Å². The van der Waals surface area contributed by atoms with Gasteiger partial charge in [0.2, 0.25) is 0 Å². The summed E-state index contributed by atoms with van der Waals surface area (Å²) in [6, 6.07) is 19.5. The molecule has 2 aromatic carbocycles. The summed E-state index contributed by atoms with van der Waals surface area (Å²) in [5.74, 6) is 0. The molecule has 23 heavy (non-hydrogen) atoms. The predicted octanol–water partition coefficient (Wildman–Crippen LogP) is 5.80. The van der Waals surface area contributed by atoms with Crippen LogP contribution < -0.4 is 4.98 Å². The number of fused-ring (bicyclic) bond motifs is 3. The minimum atomic E-state index is -1.17. The summed E-state index contributed by atoms with van der Waals surface area (Å²) in [4.78, 5) is 5.42. The highest BCUT2D eigenvalue weighted by Crippen LogP contribution is 2.50. The Kier molecular flexibility index (Phi) is 3.62. The molecule has 0 saturated heterocycles. The van der Waals surface area contributed by atoms with Crippen LogP contribution in [0.25, 0.3) is 15.7 Å². The number of hydrogen-bond acceptors (Lipinski definition) is 2. The van der Waals surface area contributed by atoms with Gasteiger partial charge < -0.3 is 4.98 Å². The fourth-order valence-electron chi connectivity index (χ4n) is 3.78. The maximum Gasteiger partial charge on any atom is 0.146 e. The van der Waals surface area contributed by atoms with Gasteiger partial charge in [0, 0.05) is 26.2 Å². The van der Waals surface area contributed by atoms with E-state index in [1.807, 2.05) is 11.3 Å². The highest BCUT2D eigenvalue weighted by Gasteiger charge is 2.34. The number of benzene rings is 2. The number of nitrogens with one attached hydrogen (secondary N) is 1. The minimum absolute atomic E-state index is 0.600. The number of thiophene rings is 1. The highest BCUT2D eigenvalue weighted by atomic mass is 32.1. The fraction of sp³-hybridized carbons (Fsp3) is 0.200. The van der Waals surface area contributed by atoms with Crippen LogP contribution >= 0.6 is 11.3 Å². The van der Waals surface area contributed by atoms with Crippen molar-refractivity contribution in [2.45, 2.75) is 25.9 Å². The van der Waals surface area contributed by atoms with E-state index in [1.54, 1.807) is 10.5 Å². The second-order valence-electron chi connectivity index (χ2n) is 6.42. The Bertz CT molecular complexity index is 894. The Morgan fingerprint density at radius 3 is 2.43 bits per heavy atom. The predicted molar refractivity (Wildman–Crippen MR) is 106 cm³/mol. The van der Waals surface area contributed by atoms with Crippen molar-refractivity contribution >= 4 is 41.6 Å². The molecule has 0 aliphatic heterocycles. The smallest absolute Gasteiger partial charge is 0.146 e. The van der Waals surface area contributed by atoms with E-state index >= 15 is 0 Å². The van der Waals surface area contributed by atoms with Crippen molar-refractivity contribution in [3.63, 3.8) is 0 Å². The normalized spacial score (nSPS) is 18.3. The topological polar surface area (TPSA) is 12.0 Å². The molecule has 0 saturated carbocycles. The van der Waals surface area contributed by atoms with Crippen LogP contribution in [0.4, 0.5) is 5.69 Å². The molecule has 0 fully saturated rings. The zero-order valence-electron chi connectivity index (χ0n) is 13.8. The zero-order valence-corrected chi connectivity index (χ0v) is 15.7. The molecular formula is C20H21NSSi. The van der Waals surface area contributed by atoms with Crippen molar-refractivity contribution in [3.05, 3.63) is 70.6 Å². The number of rotatable bonds is 3. The molecule has 0 radical (unpaired) electrons. The number of allylic oxidation sites excluding steroid dienone is 2. The van der Waals surface area contributed by atoms with Gasteiger partial charge in [-0.1, -0.05) is 48.5 Å². The largest absolute Gasteiger partial charge is 0.412 e. The van der Waals surface area contributed by atoms with Crippen LogP contribution in [-0.4, -0.2) is 8.96 Å². The molecule has 0 spiro atoms. The van der Waals surface area contributed by atoms with E-state index in [4.69, 9.17) is 0 Å². The first kappa shape index (κ1) is 14.7. The molecule has 1 aromatic heterocycles. The Morgan fingerprint density at radius 2 is 1.65 bits per heavy atom. The second kappa shape index (κ2) is 5.66. The SMILES string of the molecule is CC1=C(C)C([SiH](C)Nc2ccccc2)c2sc3ccccc3c21. The number of para-hydroxylation sites is 1. The Morgan fingerprint density at radius 1 is 0.957 bits per heavy atom. The van der Waals surface area contributed by atoms with Crippen molar-refractivity contribution < 1.29 is 0 Å². The van der Waals surface area contributed by atoms with Crippen molar-refractivity contribution in [3.8, 4) is 0 Å². The van der Waals surface area contributed by atoms with Gasteiger partial charge in [-0.3, -0.25) is 0 Å². The molecule has 116 valence electrons. The first-order valence-corrected chi connectivity index (χ1v) is 11.4. The van der Waals surface area contributed by atoms with Crippen molar-refractivity contribution in [1.82, 2.24) is 0 Å². The fourth-order valence-corrected chi connectivity index (χ4v) is 8.43. The van der Waals surface area contributed by atoms with E-state index in [0.29, 0.717) is 5.54 Å². The van der Waals surface area contributed by atoms with Crippen LogP contribution in [0.3, 0.4) is 0 Å². The molecule has 3 heteroatoms. The van der Waals surface area contributed by atoms with Gasteiger partial charge in [0.15, 0.2) is 0 Å². The molecule has 1 N–H and O–H groups in total. The third kappa shape index (κ3) is 2.35. The molecule has 0 amide bonds. The molecule has 2 atom stereocenters. The van der Waals surface area contributed by atoms with E-state index in [-0.39, 0.29) is 0 Å². The summed E-state index contributed by atoms with van der Waals surface area (Å²) in [6.45, 7) is 7.07. The van der Waals surface area contributed by atoms with Crippen LogP contribution in [0.5, 0.6) is 0 Å². The Labute approximate surface area is 143 Å².